The number of aryl methyl sites for hydroxylation is 2. The van der Waals surface area contributed by atoms with E-state index in [9.17, 15) is 9.59 Å². The summed E-state index contributed by atoms with van der Waals surface area (Å²) in [4.78, 5) is 42.8. The number of hydrogen-bond acceptors (Lipinski definition) is 8. The molecule has 0 aliphatic heterocycles. The number of carbonyl (C=O) groups excluding carboxylic acids is 2. The first kappa shape index (κ1) is 19.8. The van der Waals surface area contributed by atoms with Crippen LogP contribution in [0.1, 0.15) is 56.0 Å². The van der Waals surface area contributed by atoms with Crippen molar-refractivity contribution in [1.82, 2.24) is 19.9 Å². The zero-order chi connectivity index (χ0) is 21.7. The molecular formula is C21H19N5O3S2. The van der Waals surface area contributed by atoms with Crippen LogP contribution in [0, 0.1) is 13.8 Å². The lowest BCUT2D eigenvalue weighted by Gasteiger charge is -2.02. The largest absolute Gasteiger partial charge is 0.464 e. The maximum atomic E-state index is 13.0. The molecule has 4 aromatic rings. The highest BCUT2D eigenvalue weighted by Crippen LogP contribution is 2.40. The first-order chi connectivity index (χ1) is 14.9. The van der Waals surface area contributed by atoms with Gasteiger partial charge in [-0.15, -0.1) is 22.7 Å². The number of rotatable bonds is 5. The van der Waals surface area contributed by atoms with E-state index < -0.39 is 5.97 Å². The molecule has 31 heavy (non-hydrogen) atoms. The third-order valence-corrected chi connectivity index (χ3v) is 7.19. The number of H-pyrrole nitrogens is 1. The Morgan fingerprint density at radius 2 is 2.03 bits per heavy atom. The van der Waals surface area contributed by atoms with Gasteiger partial charge in [0.2, 0.25) is 0 Å². The summed E-state index contributed by atoms with van der Waals surface area (Å²) in [6.07, 6.45) is 3.95. The van der Waals surface area contributed by atoms with Gasteiger partial charge in [-0.2, -0.15) is 0 Å². The number of fused-ring (bicyclic) bond motifs is 1. The standard InChI is InChI=1S/C21H19N5O3S2/c1-9-15-10(2)23-17(11-4-5-11)25-19(15)31-16(9)18(27)26-21-24-14(8-30-21)12-6-13(22-7-12)20(28)29-3/h6-8,11,22H,4-5H2,1-3H3,(H,24,26,27). The first-order valence-corrected chi connectivity index (χ1v) is 11.5. The van der Waals surface area contributed by atoms with Gasteiger partial charge in [0.15, 0.2) is 5.13 Å². The van der Waals surface area contributed by atoms with E-state index in [2.05, 4.69) is 20.3 Å². The van der Waals surface area contributed by atoms with Crippen LogP contribution in [0.25, 0.3) is 21.5 Å². The molecule has 0 unspecified atom stereocenters. The molecule has 4 heterocycles. The van der Waals surface area contributed by atoms with Crippen molar-refractivity contribution < 1.29 is 14.3 Å². The van der Waals surface area contributed by atoms with Crippen LogP contribution in [0.4, 0.5) is 5.13 Å². The highest BCUT2D eigenvalue weighted by atomic mass is 32.1. The Morgan fingerprint density at radius 3 is 2.77 bits per heavy atom. The number of carbonyl (C=O) groups is 2. The fourth-order valence-electron chi connectivity index (χ4n) is 3.49. The van der Waals surface area contributed by atoms with Gasteiger partial charge in [-0.1, -0.05) is 0 Å². The lowest BCUT2D eigenvalue weighted by atomic mass is 10.1. The highest BCUT2D eigenvalue weighted by molar-refractivity contribution is 7.21. The second kappa shape index (κ2) is 7.54. The number of hydrogen-bond donors (Lipinski definition) is 2. The van der Waals surface area contributed by atoms with Gasteiger partial charge in [0.05, 0.1) is 23.4 Å². The average Bonchev–Trinajstić information content (AvgIpc) is 3.15. The molecule has 5 rings (SSSR count). The Kier molecular flexibility index (Phi) is 4.82. The molecule has 0 bridgehead atoms. The third kappa shape index (κ3) is 3.61. The van der Waals surface area contributed by atoms with Gasteiger partial charge in [0.25, 0.3) is 5.91 Å². The van der Waals surface area contributed by atoms with Gasteiger partial charge in [-0.05, 0) is 38.3 Å². The molecule has 0 spiro atoms. The molecule has 0 radical (unpaired) electrons. The predicted molar refractivity (Wildman–Crippen MR) is 120 cm³/mol. The number of amides is 1. The van der Waals surface area contributed by atoms with Crippen molar-refractivity contribution in [1.29, 1.82) is 0 Å². The van der Waals surface area contributed by atoms with E-state index in [-0.39, 0.29) is 5.91 Å². The van der Waals surface area contributed by atoms with Crippen molar-refractivity contribution >= 4 is 49.9 Å². The monoisotopic (exact) mass is 453 g/mol. The Labute approximate surface area is 185 Å². The van der Waals surface area contributed by atoms with Crippen LogP contribution >= 0.6 is 22.7 Å². The summed E-state index contributed by atoms with van der Waals surface area (Å²) in [6, 6.07) is 1.67. The van der Waals surface area contributed by atoms with Crippen LogP contribution in [-0.4, -0.2) is 38.9 Å². The third-order valence-electron chi connectivity index (χ3n) is 5.25. The van der Waals surface area contributed by atoms with Crippen LogP contribution < -0.4 is 5.32 Å². The van der Waals surface area contributed by atoms with E-state index in [0.29, 0.717) is 27.3 Å². The second-order valence-corrected chi connectivity index (χ2v) is 9.32. The highest BCUT2D eigenvalue weighted by Gasteiger charge is 2.28. The van der Waals surface area contributed by atoms with E-state index in [0.717, 1.165) is 45.7 Å². The van der Waals surface area contributed by atoms with Crippen molar-refractivity contribution in [3.8, 4) is 11.3 Å². The number of thiophene rings is 1. The quantitative estimate of drug-likeness (QED) is 0.425. The summed E-state index contributed by atoms with van der Waals surface area (Å²) in [7, 11) is 1.33. The smallest absolute Gasteiger partial charge is 0.354 e. The fourth-order valence-corrected chi connectivity index (χ4v) is 5.34. The Hall–Kier alpha value is -3.11. The van der Waals surface area contributed by atoms with Crippen molar-refractivity contribution in [3.05, 3.63) is 45.3 Å². The molecule has 0 aromatic carbocycles. The average molecular weight is 454 g/mol. The molecule has 1 saturated carbocycles. The zero-order valence-corrected chi connectivity index (χ0v) is 18.7. The summed E-state index contributed by atoms with van der Waals surface area (Å²) in [5.74, 6) is 0.696. The van der Waals surface area contributed by atoms with Gasteiger partial charge < -0.3 is 9.72 Å². The van der Waals surface area contributed by atoms with Crippen molar-refractivity contribution in [3.63, 3.8) is 0 Å². The minimum Gasteiger partial charge on any atom is -0.464 e. The minimum atomic E-state index is -0.446. The van der Waals surface area contributed by atoms with E-state index in [1.807, 2.05) is 19.2 Å². The first-order valence-electron chi connectivity index (χ1n) is 9.76. The predicted octanol–water partition coefficient (Wildman–Crippen LogP) is 4.68. The Morgan fingerprint density at radius 1 is 1.23 bits per heavy atom. The second-order valence-electron chi connectivity index (χ2n) is 7.46. The molecule has 1 aliphatic carbocycles. The number of thiazole rings is 1. The molecule has 2 N–H and O–H groups in total. The van der Waals surface area contributed by atoms with E-state index in [1.54, 1.807) is 12.3 Å². The van der Waals surface area contributed by atoms with E-state index in [1.165, 1.54) is 29.8 Å². The molecule has 0 atom stereocenters. The number of methoxy groups -OCH3 is 1. The van der Waals surface area contributed by atoms with Crippen LogP contribution in [0.5, 0.6) is 0 Å². The van der Waals surface area contributed by atoms with Crippen LogP contribution in [0.2, 0.25) is 0 Å². The summed E-state index contributed by atoms with van der Waals surface area (Å²) >= 11 is 2.72. The number of aromatic amines is 1. The zero-order valence-electron chi connectivity index (χ0n) is 17.1. The normalized spacial score (nSPS) is 13.5. The molecule has 10 heteroatoms. The minimum absolute atomic E-state index is 0.210. The van der Waals surface area contributed by atoms with Gasteiger partial charge in [0.1, 0.15) is 16.3 Å². The number of esters is 1. The van der Waals surface area contributed by atoms with Crippen LogP contribution in [0.3, 0.4) is 0 Å². The Bertz CT molecular complexity index is 1330. The maximum Gasteiger partial charge on any atom is 0.354 e. The SMILES string of the molecule is COC(=O)c1cc(-c2csc(NC(=O)c3sc4nc(C5CC5)nc(C)c4c3C)n2)c[nH]1. The molecule has 1 fully saturated rings. The van der Waals surface area contributed by atoms with Gasteiger partial charge in [-0.3, -0.25) is 10.1 Å². The van der Waals surface area contributed by atoms with Gasteiger partial charge in [-0.25, -0.2) is 19.7 Å². The lowest BCUT2D eigenvalue weighted by Crippen LogP contribution is -2.11. The van der Waals surface area contributed by atoms with Gasteiger partial charge >= 0.3 is 5.97 Å². The molecule has 0 saturated heterocycles. The van der Waals surface area contributed by atoms with E-state index >= 15 is 0 Å². The molecule has 1 aliphatic rings. The van der Waals surface area contributed by atoms with Crippen molar-refractivity contribution in [2.75, 3.05) is 12.4 Å². The molecule has 158 valence electrons. The number of anilines is 1. The van der Waals surface area contributed by atoms with Gasteiger partial charge in [0, 0.05) is 28.4 Å². The molecule has 4 aromatic heterocycles. The summed E-state index contributed by atoms with van der Waals surface area (Å²) in [5, 5.41) is 6.16. The molecule has 8 nitrogen and oxygen atoms in total. The molecular weight excluding hydrogens is 434 g/mol. The summed E-state index contributed by atoms with van der Waals surface area (Å²) in [6.45, 7) is 3.91. The number of ether oxygens (including phenoxy) is 1. The van der Waals surface area contributed by atoms with E-state index in [4.69, 9.17) is 9.72 Å². The number of nitrogens with zero attached hydrogens (tertiary/aromatic N) is 3. The van der Waals surface area contributed by atoms with Crippen molar-refractivity contribution in [2.45, 2.75) is 32.6 Å². The maximum absolute atomic E-state index is 13.0. The Balaban J connectivity index is 1.39. The summed E-state index contributed by atoms with van der Waals surface area (Å²) in [5.41, 5.74) is 3.57. The van der Waals surface area contributed by atoms with Crippen LogP contribution in [0.15, 0.2) is 17.6 Å². The number of aromatic nitrogens is 4. The fraction of sp³-hybridized carbons (Fsp3) is 0.286. The lowest BCUT2D eigenvalue weighted by molar-refractivity contribution is 0.0594. The topological polar surface area (TPSA) is 110 Å². The molecule has 1 amide bonds. The number of nitrogens with one attached hydrogen (secondary N) is 2. The van der Waals surface area contributed by atoms with Crippen molar-refractivity contribution in [2.24, 2.45) is 0 Å². The summed E-state index contributed by atoms with van der Waals surface area (Å²) < 4.78 is 4.71. The van der Waals surface area contributed by atoms with Crippen LogP contribution in [-0.2, 0) is 4.74 Å².